The van der Waals surface area contributed by atoms with Crippen LogP contribution >= 0.6 is 0 Å². The van der Waals surface area contributed by atoms with Gasteiger partial charge in [0, 0.05) is 6.42 Å². The van der Waals surface area contributed by atoms with Crippen LogP contribution in [0.4, 0.5) is 0 Å². The van der Waals surface area contributed by atoms with Gasteiger partial charge < -0.3 is 9.84 Å². The van der Waals surface area contributed by atoms with Crippen molar-refractivity contribution in [1.82, 2.24) is 0 Å². The van der Waals surface area contributed by atoms with Gasteiger partial charge in [0.05, 0.1) is 12.2 Å². The zero-order chi connectivity index (χ0) is 12.6. The lowest BCUT2D eigenvalue weighted by Gasteiger charge is -2.29. The van der Waals surface area contributed by atoms with Crippen LogP contribution < -0.4 is 0 Å². The molecule has 0 aliphatic heterocycles. The smallest absolute Gasteiger partial charge is 0.305 e. The summed E-state index contributed by atoms with van der Waals surface area (Å²) in [6, 6.07) is 0. The molecule has 3 nitrogen and oxygen atoms in total. The summed E-state index contributed by atoms with van der Waals surface area (Å²) in [5.74, 6) is 0.283. The largest absolute Gasteiger partial charge is 0.466 e. The van der Waals surface area contributed by atoms with Crippen LogP contribution in [0.3, 0.4) is 0 Å². The van der Waals surface area contributed by atoms with Crippen LogP contribution in [0, 0.1) is 5.92 Å². The van der Waals surface area contributed by atoms with Gasteiger partial charge in [-0.1, -0.05) is 27.2 Å². The number of carbonyl (C=O) groups is 1. The molecule has 2 unspecified atom stereocenters. The summed E-state index contributed by atoms with van der Waals surface area (Å²) in [7, 11) is 0. The quantitative estimate of drug-likeness (QED) is 0.652. The lowest BCUT2D eigenvalue weighted by molar-refractivity contribution is -0.144. The molecule has 0 aromatic rings. The van der Waals surface area contributed by atoms with Crippen LogP contribution in [0.1, 0.15) is 59.8 Å². The Morgan fingerprint density at radius 1 is 1.38 bits per heavy atom. The van der Waals surface area contributed by atoms with Crippen molar-refractivity contribution in [3.05, 3.63) is 0 Å². The molecule has 0 bridgehead atoms. The molecule has 0 aromatic heterocycles. The highest BCUT2D eigenvalue weighted by atomic mass is 16.5. The number of rotatable bonds is 8. The van der Waals surface area contributed by atoms with Gasteiger partial charge in [-0.25, -0.2) is 0 Å². The van der Waals surface area contributed by atoms with Crippen LogP contribution in [-0.4, -0.2) is 23.3 Å². The van der Waals surface area contributed by atoms with Crippen molar-refractivity contribution in [3.8, 4) is 0 Å². The molecular formula is C13H26O3. The third-order valence-electron chi connectivity index (χ3n) is 3.18. The number of hydrogen-bond donors (Lipinski definition) is 1. The van der Waals surface area contributed by atoms with Crippen molar-refractivity contribution >= 4 is 5.97 Å². The van der Waals surface area contributed by atoms with E-state index in [0.717, 1.165) is 12.8 Å². The monoisotopic (exact) mass is 230 g/mol. The minimum Gasteiger partial charge on any atom is -0.466 e. The Labute approximate surface area is 99.2 Å². The lowest BCUT2D eigenvalue weighted by atomic mass is 9.84. The van der Waals surface area contributed by atoms with Crippen molar-refractivity contribution in [2.45, 2.75) is 65.4 Å². The molecule has 0 saturated heterocycles. The molecule has 0 spiro atoms. The average Bonchev–Trinajstić information content (AvgIpc) is 2.27. The Balaban J connectivity index is 4.10. The Kier molecular flexibility index (Phi) is 7.39. The fraction of sp³-hybridized carbons (Fsp3) is 0.923. The maximum Gasteiger partial charge on any atom is 0.305 e. The van der Waals surface area contributed by atoms with Gasteiger partial charge >= 0.3 is 5.97 Å². The van der Waals surface area contributed by atoms with Crippen LogP contribution in [0.5, 0.6) is 0 Å². The zero-order valence-electron chi connectivity index (χ0n) is 11.1. The van der Waals surface area contributed by atoms with E-state index >= 15 is 0 Å². The third kappa shape index (κ3) is 6.11. The average molecular weight is 230 g/mol. The van der Waals surface area contributed by atoms with Gasteiger partial charge in [-0.3, -0.25) is 4.79 Å². The Hall–Kier alpha value is -0.570. The summed E-state index contributed by atoms with van der Waals surface area (Å²) in [4.78, 5) is 11.2. The maximum absolute atomic E-state index is 11.2. The van der Waals surface area contributed by atoms with Gasteiger partial charge in [0.25, 0.3) is 0 Å². The molecular weight excluding hydrogens is 204 g/mol. The molecule has 16 heavy (non-hydrogen) atoms. The van der Waals surface area contributed by atoms with Gasteiger partial charge in [-0.15, -0.1) is 0 Å². The van der Waals surface area contributed by atoms with Crippen molar-refractivity contribution in [3.63, 3.8) is 0 Å². The van der Waals surface area contributed by atoms with Crippen molar-refractivity contribution in [1.29, 1.82) is 0 Å². The molecule has 2 atom stereocenters. The molecule has 0 rings (SSSR count). The molecule has 3 heteroatoms. The first kappa shape index (κ1) is 15.4. The van der Waals surface area contributed by atoms with Gasteiger partial charge in [-0.2, -0.15) is 0 Å². The van der Waals surface area contributed by atoms with E-state index < -0.39 is 5.60 Å². The topological polar surface area (TPSA) is 46.5 Å². The summed E-state index contributed by atoms with van der Waals surface area (Å²) in [6.45, 7) is 8.42. The summed E-state index contributed by atoms with van der Waals surface area (Å²) >= 11 is 0. The predicted octanol–water partition coefficient (Wildman–Crippen LogP) is 2.91. The van der Waals surface area contributed by atoms with Crippen LogP contribution in [0.15, 0.2) is 0 Å². The maximum atomic E-state index is 11.2. The number of hydrogen-bond acceptors (Lipinski definition) is 3. The van der Waals surface area contributed by atoms with E-state index in [1.54, 1.807) is 6.92 Å². The molecule has 0 fully saturated rings. The highest BCUT2D eigenvalue weighted by molar-refractivity contribution is 5.69. The zero-order valence-corrected chi connectivity index (χ0v) is 11.1. The number of esters is 1. The molecule has 0 heterocycles. The fourth-order valence-corrected chi connectivity index (χ4v) is 1.78. The van der Waals surface area contributed by atoms with E-state index in [1.165, 1.54) is 0 Å². The molecule has 0 aliphatic rings. The molecule has 0 aliphatic carbocycles. The van der Waals surface area contributed by atoms with Gasteiger partial charge in [0.2, 0.25) is 0 Å². The highest BCUT2D eigenvalue weighted by Gasteiger charge is 2.27. The number of ether oxygens (including phenoxy) is 1. The van der Waals surface area contributed by atoms with Gasteiger partial charge in [-0.05, 0) is 32.1 Å². The van der Waals surface area contributed by atoms with Crippen LogP contribution in [0.25, 0.3) is 0 Å². The van der Waals surface area contributed by atoms with E-state index in [0.29, 0.717) is 31.8 Å². The lowest BCUT2D eigenvalue weighted by Crippen LogP contribution is -2.31. The summed E-state index contributed by atoms with van der Waals surface area (Å²) in [5.41, 5.74) is -0.706. The Bertz CT molecular complexity index is 203. The van der Waals surface area contributed by atoms with Crippen molar-refractivity contribution in [2.24, 2.45) is 5.92 Å². The summed E-state index contributed by atoms with van der Waals surface area (Å²) in [6.07, 6.45) is 3.33. The minimum atomic E-state index is -0.706. The Morgan fingerprint density at radius 2 is 2.00 bits per heavy atom. The second kappa shape index (κ2) is 7.66. The van der Waals surface area contributed by atoms with E-state index in [9.17, 15) is 9.90 Å². The second-order valence-corrected chi connectivity index (χ2v) is 4.60. The van der Waals surface area contributed by atoms with E-state index in [-0.39, 0.29) is 5.97 Å². The molecule has 1 N–H and O–H groups in total. The third-order valence-corrected chi connectivity index (χ3v) is 3.18. The second-order valence-electron chi connectivity index (χ2n) is 4.60. The SMILES string of the molecule is CCOC(=O)CCC(O)(CC)CC(C)CC. The van der Waals surface area contributed by atoms with E-state index in [2.05, 4.69) is 13.8 Å². The predicted molar refractivity (Wildman–Crippen MR) is 65.2 cm³/mol. The van der Waals surface area contributed by atoms with E-state index in [4.69, 9.17) is 4.74 Å². The van der Waals surface area contributed by atoms with Crippen molar-refractivity contribution in [2.75, 3.05) is 6.61 Å². The van der Waals surface area contributed by atoms with Gasteiger partial charge in [0.15, 0.2) is 0 Å². The highest BCUT2D eigenvalue weighted by Crippen LogP contribution is 2.27. The first-order valence-electron chi connectivity index (χ1n) is 6.35. The molecule has 0 radical (unpaired) electrons. The van der Waals surface area contributed by atoms with E-state index in [1.807, 2.05) is 6.92 Å². The van der Waals surface area contributed by atoms with Gasteiger partial charge in [0.1, 0.15) is 0 Å². The normalized spacial score (nSPS) is 16.6. The van der Waals surface area contributed by atoms with Crippen molar-refractivity contribution < 1.29 is 14.6 Å². The summed E-state index contributed by atoms with van der Waals surface area (Å²) < 4.78 is 4.86. The van der Waals surface area contributed by atoms with Crippen LogP contribution in [0.2, 0.25) is 0 Å². The fourth-order valence-electron chi connectivity index (χ4n) is 1.78. The standard InChI is InChI=1S/C13H26O3/c1-5-11(4)10-13(15,6-2)9-8-12(14)16-7-3/h11,15H,5-10H2,1-4H3. The number of carbonyl (C=O) groups excluding carboxylic acids is 1. The minimum absolute atomic E-state index is 0.210. The Morgan fingerprint density at radius 3 is 2.44 bits per heavy atom. The first-order chi connectivity index (χ1) is 7.47. The molecule has 0 aromatic carbocycles. The molecule has 0 amide bonds. The van der Waals surface area contributed by atoms with Crippen LogP contribution in [-0.2, 0) is 9.53 Å². The number of aliphatic hydroxyl groups is 1. The molecule has 0 saturated carbocycles. The first-order valence-corrected chi connectivity index (χ1v) is 6.35. The summed E-state index contributed by atoms with van der Waals surface area (Å²) in [5, 5.41) is 10.3. The molecule has 96 valence electrons.